The van der Waals surface area contributed by atoms with Crippen molar-refractivity contribution >= 4 is 21.2 Å². The summed E-state index contributed by atoms with van der Waals surface area (Å²) in [4.78, 5) is 6.00. The summed E-state index contributed by atoms with van der Waals surface area (Å²) in [5, 5.41) is 4.54. The van der Waals surface area contributed by atoms with E-state index in [1.165, 1.54) is 4.88 Å². The van der Waals surface area contributed by atoms with Crippen LogP contribution < -0.4 is 5.32 Å². The highest BCUT2D eigenvalue weighted by Gasteiger charge is 2.40. The second-order valence-electron chi connectivity index (χ2n) is 5.53. The molecule has 0 atom stereocenters. The van der Waals surface area contributed by atoms with Crippen LogP contribution in [0.1, 0.15) is 35.3 Å². The Balaban J connectivity index is 2.27. The van der Waals surface area contributed by atoms with E-state index in [-0.39, 0.29) is 17.0 Å². The Morgan fingerprint density at radius 2 is 2.05 bits per heavy atom. The quantitative estimate of drug-likeness (QED) is 0.802. The molecule has 2 heterocycles. The van der Waals surface area contributed by atoms with Gasteiger partial charge in [0, 0.05) is 18.5 Å². The predicted octanol–water partition coefficient (Wildman–Crippen LogP) is 1.65. The van der Waals surface area contributed by atoms with Crippen molar-refractivity contribution in [1.82, 2.24) is 10.3 Å². The normalized spacial score (nSPS) is 20.5. The molecule has 21 heavy (non-hydrogen) atoms. The Hall–Kier alpha value is -0.500. The number of aryl methyl sites for hydroxylation is 2. The molecule has 2 rings (SSSR count). The zero-order valence-electron chi connectivity index (χ0n) is 12.9. The van der Waals surface area contributed by atoms with Crippen molar-refractivity contribution in [2.75, 3.05) is 31.8 Å². The third-order valence-electron chi connectivity index (χ3n) is 4.09. The van der Waals surface area contributed by atoms with Gasteiger partial charge in [-0.25, -0.2) is 13.4 Å². The van der Waals surface area contributed by atoms with Crippen LogP contribution in [0.4, 0.5) is 0 Å². The Morgan fingerprint density at radius 1 is 1.38 bits per heavy atom. The molecule has 0 saturated carbocycles. The lowest BCUT2D eigenvalue weighted by Gasteiger charge is -2.36. The summed E-state index contributed by atoms with van der Waals surface area (Å²) in [7, 11) is -1.23. The van der Waals surface area contributed by atoms with Crippen molar-refractivity contribution in [3.05, 3.63) is 15.6 Å². The standard InChI is InChI=1S/C14H24N2O3S2/c1-4-12-11(2)20-13(16-12)14(15-7-8-19-3)5-9-21(17,18)10-6-14/h15H,4-10H2,1-3H3. The first-order valence-electron chi connectivity index (χ1n) is 7.33. The molecule has 1 N–H and O–H groups in total. The number of ether oxygens (including phenoxy) is 1. The molecular formula is C14H24N2O3S2. The van der Waals surface area contributed by atoms with Crippen LogP contribution >= 0.6 is 11.3 Å². The number of thiazole rings is 1. The van der Waals surface area contributed by atoms with Crippen LogP contribution in [0, 0.1) is 6.92 Å². The highest BCUT2D eigenvalue weighted by atomic mass is 32.2. The molecule has 1 aliphatic heterocycles. The molecule has 0 bridgehead atoms. The molecule has 1 aromatic rings. The summed E-state index contributed by atoms with van der Waals surface area (Å²) in [5.41, 5.74) is 0.809. The van der Waals surface area contributed by atoms with Crippen LogP contribution in [-0.4, -0.2) is 45.2 Å². The first-order valence-corrected chi connectivity index (χ1v) is 9.97. The lowest BCUT2D eigenvalue weighted by Crippen LogP contribution is -2.49. The molecule has 1 aliphatic rings. The SMILES string of the molecule is CCc1nc(C2(NCCOC)CCS(=O)(=O)CC2)sc1C. The molecule has 0 aromatic carbocycles. The van der Waals surface area contributed by atoms with Gasteiger partial charge in [0.15, 0.2) is 0 Å². The average Bonchev–Trinajstić information content (AvgIpc) is 2.83. The zero-order chi connectivity index (χ0) is 15.5. The van der Waals surface area contributed by atoms with Gasteiger partial charge in [0.25, 0.3) is 0 Å². The Morgan fingerprint density at radius 3 is 2.57 bits per heavy atom. The maximum atomic E-state index is 11.8. The topological polar surface area (TPSA) is 68.3 Å². The molecule has 1 saturated heterocycles. The molecule has 0 spiro atoms. The van der Waals surface area contributed by atoms with E-state index in [0.717, 1.165) is 17.1 Å². The Bertz CT molecular complexity index is 567. The first-order chi connectivity index (χ1) is 9.92. The second-order valence-corrected chi connectivity index (χ2v) is 9.04. The van der Waals surface area contributed by atoms with Crippen molar-refractivity contribution in [3.63, 3.8) is 0 Å². The summed E-state index contributed by atoms with van der Waals surface area (Å²) in [6, 6.07) is 0. The van der Waals surface area contributed by atoms with Gasteiger partial charge in [0.1, 0.15) is 14.8 Å². The summed E-state index contributed by atoms with van der Waals surface area (Å²) < 4.78 is 28.6. The number of aromatic nitrogens is 1. The van der Waals surface area contributed by atoms with E-state index in [1.807, 2.05) is 0 Å². The summed E-state index contributed by atoms with van der Waals surface area (Å²) in [6.45, 7) is 5.50. The summed E-state index contributed by atoms with van der Waals surface area (Å²) >= 11 is 1.69. The highest BCUT2D eigenvalue weighted by Crippen LogP contribution is 2.37. The van der Waals surface area contributed by atoms with Crippen molar-refractivity contribution < 1.29 is 13.2 Å². The molecule has 120 valence electrons. The number of hydrogen-bond donors (Lipinski definition) is 1. The lowest BCUT2D eigenvalue weighted by molar-refractivity contribution is 0.179. The minimum atomic E-state index is -2.90. The number of nitrogens with zero attached hydrogens (tertiary/aromatic N) is 1. The van der Waals surface area contributed by atoms with Crippen LogP contribution in [0.15, 0.2) is 0 Å². The Labute approximate surface area is 131 Å². The van der Waals surface area contributed by atoms with Gasteiger partial charge in [-0.2, -0.15) is 0 Å². The fraction of sp³-hybridized carbons (Fsp3) is 0.786. The van der Waals surface area contributed by atoms with Crippen molar-refractivity contribution in [2.45, 2.75) is 38.6 Å². The number of rotatable bonds is 6. The number of nitrogens with one attached hydrogen (secondary N) is 1. The minimum Gasteiger partial charge on any atom is -0.383 e. The predicted molar refractivity (Wildman–Crippen MR) is 85.7 cm³/mol. The number of methoxy groups -OCH3 is 1. The van der Waals surface area contributed by atoms with Gasteiger partial charge in [-0.3, -0.25) is 0 Å². The van der Waals surface area contributed by atoms with E-state index in [4.69, 9.17) is 9.72 Å². The van der Waals surface area contributed by atoms with E-state index < -0.39 is 9.84 Å². The molecule has 0 amide bonds. The number of hydrogen-bond acceptors (Lipinski definition) is 6. The Kier molecular flexibility index (Phi) is 5.40. The molecule has 0 unspecified atom stereocenters. The molecule has 0 aliphatic carbocycles. The first kappa shape index (κ1) is 16.9. The molecule has 0 radical (unpaired) electrons. The summed E-state index contributed by atoms with van der Waals surface area (Å²) in [6.07, 6.45) is 2.10. The van der Waals surface area contributed by atoms with Gasteiger partial charge >= 0.3 is 0 Å². The second kappa shape index (κ2) is 6.73. The van der Waals surface area contributed by atoms with Crippen LogP contribution in [-0.2, 0) is 26.5 Å². The van der Waals surface area contributed by atoms with Crippen LogP contribution in [0.3, 0.4) is 0 Å². The van der Waals surface area contributed by atoms with Crippen molar-refractivity contribution in [2.24, 2.45) is 0 Å². The smallest absolute Gasteiger partial charge is 0.150 e. The average molecular weight is 332 g/mol. The zero-order valence-corrected chi connectivity index (χ0v) is 14.6. The van der Waals surface area contributed by atoms with E-state index in [2.05, 4.69) is 19.2 Å². The maximum Gasteiger partial charge on any atom is 0.150 e. The minimum absolute atomic E-state index is 0.229. The maximum absolute atomic E-state index is 11.8. The molecular weight excluding hydrogens is 308 g/mol. The third-order valence-corrected chi connectivity index (χ3v) is 6.96. The summed E-state index contributed by atoms with van der Waals surface area (Å²) in [5.74, 6) is 0.458. The van der Waals surface area contributed by atoms with E-state index in [0.29, 0.717) is 26.0 Å². The van der Waals surface area contributed by atoms with Gasteiger partial charge in [-0.15, -0.1) is 11.3 Å². The fourth-order valence-corrected chi connectivity index (χ4v) is 5.45. The van der Waals surface area contributed by atoms with Crippen LogP contribution in [0.2, 0.25) is 0 Å². The molecule has 5 nitrogen and oxygen atoms in total. The van der Waals surface area contributed by atoms with E-state index in [1.54, 1.807) is 18.4 Å². The molecule has 7 heteroatoms. The van der Waals surface area contributed by atoms with Gasteiger partial charge in [-0.05, 0) is 26.2 Å². The van der Waals surface area contributed by atoms with Gasteiger partial charge in [-0.1, -0.05) is 6.92 Å². The number of sulfone groups is 1. The van der Waals surface area contributed by atoms with E-state index >= 15 is 0 Å². The van der Waals surface area contributed by atoms with Gasteiger partial charge < -0.3 is 10.1 Å². The van der Waals surface area contributed by atoms with Gasteiger partial charge in [0.05, 0.1) is 29.3 Å². The molecule has 1 aromatic heterocycles. The highest BCUT2D eigenvalue weighted by molar-refractivity contribution is 7.91. The van der Waals surface area contributed by atoms with Crippen molar-refractivity contribution in [1.29, 1.82) is 0 Å². The van der Waals surface area contributed by atoms with Gasteiger partial charge in [0.2, 0.25) is 0 Å². The fourth-order valence-electron chi connectivity index (χ4n) is 2.71. The van der Waals surface area contributed by atoms with Crippen LogP contribution in [0.25, 0.3) is 0 Å². The van der Waals surface area contributed by atoms with Crippen LogP contribution in [0.5, 0.6) is 0 Å². The lowest BCUT2D eigenvalue weighted by atomic mass is 9.93. The monoisotopic (exact) mass is 332 g/mol. The third kappa shape index (κ3) is 3.83. The van der Waals surface area contributed by atoms with Crippen molar-refractivity contribution in [3.8, 4) is 0 Å². The molecule has 1 fully saturated rings. The van der Waals surface area contributed by atoms with E-state index in [9.17, 15) is 8.42 Å². The largest absolute Gasteiger partial charge is 0.383 e.